The van der Waals surface area contributed by atoms with Crippen molar-refractivity contribution in [1.29, 1.82) is 0 Å². The van der Waals surface area contributed by atoms with E-state index in [0.717, 1.165) is 0 Å². The summed E-state index contributed by atoms with van der Waals surface area (Å²) in [5.74, 6) is -0.842. The van der Waals surface area contributed by atoms with E-state index in [-0.39, 0.29) is 12.5 Å². The summed E-state index contributed by atoms with van der Waals surface area (Å²) in [4.78, 5) is 22.4. The summed E-state index contributed by atoms with van der Waals surface area (Å²) < 4.78 is 28.7. The zero-order chi connectivity index (χ0) is 16.5. The van der Waals surface area contributed by atoms with E-state index in [2.05, 4.69) is 15.4 Å². The minimum Gasteiger partial charge on any atom is -0.467 e. The third-order valence-corrected chi connectivity index (χ3v) is 4.17. The lowest BCUT2D eigenvalue weighted by Gasteiger charge is -2.19. The molecule has 2 N–H and O–H groups in total. The Bertz CT molecular complexity index is 438. The molecule has 0 heterocycles. The van der Waals surface area contributed by atoms with Crippen LogP contribution in [0.3, 0.4) is 0 Å². The van der Waals surface area contributed by atoms with Crippen LogP contribution >= 0.6 is 0 Å². The van der Waals surface area contributed by atoms with Crippen LogP contribution in [0.2, 0.25) is 0 Å². The molecule has 8 nitrogen and oxygen atoms in total. The molecule has 21 heavy (non-hydrogen) atoms. The van der Waals surface area contributed by atoms with Gasteiger partial charge >= 0.3 is 5.97 Å². The number of esters is 1. The largest absolute Gasteiger partial charge is 0.467 e. The fourth-order valence-electron chi connectivity index (χ4n) is 1.77. The van der Waals surface area contributed by atoms with Crippen LogP contribution in [-0.2, 0) is 24.3 Å². The van der Waals surface area contributed by atoms with Gasteiger partial charge in [0.2, 0.25) is 15.9 Å². The van der Waals surface area contributed by atoms with Crippen molar-refractivity contribution in [3.8, 4) is 0 Å². The zero-order valence-electron chi connectivity index (χ0n) is 13.0. The van der Waals surface area contributed by atoms with Crippen molar-refractivity contribution in [2.45, 2.75) is 26.3 Å². The molecule has 0 fully saturated rings. The average molecular weight is 323 g/mol. The molecule has 0 spiro atoms. The van der Waals surface area contributed by atoms with Gasteiger partial charge in [-0.05, 0) is 13.0 Å². The maximum Gasteiger partial charge on any atom is 0.329 e. The monoisotopic (exact) mass is 323 g/mol. The molecule has 0 radical (unpaired) electrons. The van der Waals surface area contributed by atoms with Crippen molar-refractivity contribution in [3.05, 3.63) is 0 Å². The summed E-state index contributed by atoms with van der Waals surface area (Å²) in [7, 11) is -1.92. The summed E-state index contributed by atoms with van der Waals surface area (Å²) in [6.07, 6.45) is 1.78. The Morgan fingerprint density at radius 3 is 2.38 bits per heavy atom. The number of ether oxygens (including phenoxy) is 1. The third kappa shape index (κ3) is 8.64. The molecular formula is C12H25N3O5S. The van der Waals surface area contributed by atoms with Gasteiger partial charge in [-0.2, -0.15) is 0 Å². The Balaban J connectivity index is 4.11. The molecular weight excluding hydrogens is 298 g/mol. The first-order valence-corrected chi connectivity index (χ1v) is 8.58. The van der Waals surface area contributed by atoms with Crippen molar-refractivity contribution < 1.29 is 22.7 Å². The second-order valence-corrected chi connectivity index (χ2v) is 6.57. The van der Waals surface area contributed by atoms with Gasteiger partial charge in [0.25, 0.3) is 0 Å². The molecule has 1 atom stereocenters. The molecule has 0 saturated carbocycles. The lowest BCUT2D eigenvalue weighted by atomic mass is 10.3. The molecule has 9 heteroatoms. The van der Waals surface area contributed by atoms with Crippen LogP contribution in [-0.4, -0.2) is 70.2 Å². The number of hydrogen-bond donors (Lipinski definition) is 2. The van der Waals surface area contributed by atoms with Crippen LogP contribution in [0.5, 0.6) is 0 Å². The summed E-state index contributed by atoms with van der Waals surface area (Å²) in [6, 6.07) is -0.746. The Labute approximate surface area is 126 Å². The molecule has 0 aliphatic rings. The van der Waals surface area contributed by atoms with Gasteiger partial charge < -0.3 is 15.4 Å². The van der Waals surface area contributed by atoms with Crippen LogP contribution in [0.4, 0.5) is 0 Å². The molecule has 1 amide bonds. The van der Waals surface area contributed by atoms with Gasteiger partial charge in [-0.15, -0.1) is 0 Å². The minimum absolute atomic E-state index is 0.233. The molecule has 1 unspecified atom stereocenters. The number of nitrogens with one attached hydrogen (secondary N) is 2. The first-order valence-electron chi connectivity index (χ1n) is 6.73. The fraction of sp³-hybridized carbons (Fsp3) is 0.833. The van der Waals surface area contributed by atoms with E-state index in [1.807, 2.05) is 0 Å². The summed E-state index contributed by atoms with van der Waals surface area (Å²) >= 11 is 0. The van der Waals surface area contributed by atoms with E-state index in [1.165, 1.54) is 24.6 Å². The van der Waals surface area contributed by atoms with Gasteiger partial charge in [-0.3, -0.25) is 4.79 Å². The molecule has 0 aromatic carbocycles. The number of methoxy groups -OCH3 is 1. The lowest BCUT2D eigenvalue weighted by Crippen LogP contribution is -2.47. The average Bonchev–Trinajstić information content (AvgIpc) is 2.38. The quantitative estimate of drug-likeness (QED) is 0.392. The van der Waals surface area contributed by atoms with Crippen molar-refractivity contribution in [3.63, 3.8) is 0 Å². The number of hydrogen-bond acceptors (Lipinski definition) is 6. The maximum absolute atomic E-state index is 11.4. The van der Waals surface area contributed by atoms with Crippen molar-refractivity contribution in [2.24, 2.45) is 0 Å². The van der Waals surface area contributed by atoms with E-state index < -0.39 is 22.0 Å². The van der Waals surface area contributed by atoms with Crippen LogP contribution in [0.15, 0.2) is 0 Å². The molecule has 0 aliphatic carbocycles. The Kier molecular flexibility index (Phi) is 9.14. The molecule has 0 aromatic heterocycles. The van der Waals surface area contributed by atoms with Gasteiger partial charge in [0.1, 0.15) is 6.04 Å². The molecule has 0 rings (SSSR count). The number of rotatable bonds is 10. The molecule has 0 saturated heterocycles. The van der Waals surface area contributed by atoms with Crippen LogP contribution in [0.1, 0.15) is 20.3 Å². The van der Waals surface area contributed by atoms with E-state index in [9.17, 15) is 18.0 Å². The molecule has 124 valence electrons. The van der Waals surface area contributed by atoms with E-state index in [0.29, 0.717) is 26.1 Å². The number of carbonyl (C=O) groups is 2. The first kappa shape index (κ1) is 19.8. The topological polar surface area (TPSA) is 105 Å². The predicted octanol–water partition coefficient (Wildman–Crippen LogP) is -1.07. The number of carbonyl (C=O) groups excluding carboxylic acids is 2. The van der Waals surface area contributed by atoms with Gasteiger partial charge in [-0.1, -0.05) is 6.92 Å². The van der Waals surface area contributed by atoms with Crippen LogP contribution < -0.4 is 10.6 Å². The normalized spacial score (nSPS) is 13.0. The van der Waals surface area contributed by atoms with E-state index >= 15 is 0 Å². The predicted molar refractivity (Wildman–Crippen MR) is 79.2 cm³/mol. The third-order valence-electron chi connectivity index (χ3n) is 2.79. The Morgan fingerprint density at radius 1 is 1.33 bits per heavy atom. The van der Waals surface area contributed by atoms with Gasteiger partial charge in [0.15, 0.2) is 0 Å². The SMILES string of the molecule is CCN(CCCNCC(NC(C)=O)C(=O)OC)S(C)(=O)=O. The highest BCUT2D eigenvalue weighted by Crippen LogP contribution is 1.98. The van der Waals surface area contributed by atoms with Gasteiger partial charge in [0, 0.05) is 26.6 Å². The van der Waals surface area contributed by atoms with Crippen LogP contribution in [0.25, 0.3) is 0 Å². The number of sulfonamides is 1. The summed E-state index contributed by atoms with van der Waals surface area (Å²) in [6.45, 7) is 4.69. The Morgan fingerprint density at radius 2 is 1.95 bits per heavy atom. The van der Waals surface area contributed by atoms with E-state index in [4.69, 9.17) is 0 Å². The number of amides is 1. The molecule has 0 aromatic rings. The second kappa shape index (κ2) is 9.69. The molecule has 0 aliphatic heterocycles. The van der Waals surface area contributed by atoms with Crippen molar-refractivity contribution in [2.75, 3.05) is 39.5 Å². The molecule has 0 bridgehead atoms. The standard InChI is InChI=1S/C12H25N3O5S/c1-5-15(21(4,18)19)8-6-7-13-9-11(12(17)20-3)14-10(2)16/h11,13H,5-9H2,1-4H3,(H,14,16). The highest BCUT2D eigenvalue weighted by Gasteiger charge is 2.19. The van der Waals surface area contributed by atoms with Crippen LogP contribution in [0, 0.1) is 0 Å². The minimum atomic E-state index is -3.18. The zero-order valence-corrected chi connectivity index (χ0v) is 13.8. The summed E-state index contributed by atoms with van der Waals surface area (Å²) in [5.41, 5.74) is 0. The maximum atomic E-state index is 11.4. The highest BCUT2D eigenvalue weighted by molar-refractivity contribution is 7.88. The summed E-state index contributed by atoms with van der Waals surface area (Å²) in [5, 5.41) is 5.48. The van der Waals surface area contributed by atoms with Crippen molar-refractivity contribution in [1.82, 2.24) is 14.9 Å². The second-order valence-electron chi connectivity index (χ2n) is 4.59. The lowest BCUT2D eigenvalue weighted by molar-refractivity contribution is -0.144. The fourth-order valence-corrected chi connectivity index (χ4v) is 2.70. The Hall–Kier alpha value is -1.19. The highest BCUT2D eigenvalue weighted by atomic mass is 32.2. The van der Waals surface area contributed by atoms with Gasteiger partial charge in [-0.25, -0.2) is 17.5 Å². The van der Waals surface area contributed by atoms with E-state index in [1.54, 1.807) is 6.92 Å². The smallest absolute Gasteiger partial charge is 0.329 e. The number of nitrogens with zero attached hydrogens (tertiary/aromatic N) is 1. The van der Waals surface area contributed by atoms with Gasteiger partial charge in [0.05, 0.1) is 13.4 Å². The van der Waals surface area contributed by atoms with Crippen molar-refractivity contribution >= 4 is 21.9 Å². The first-order chi connectivity index (χ1) is 9.72.